The van der Waals surface area contributed by atoms with E-state index in [4.69, 9.17) is 4.74 Å². The Morgan fingerprint density at radius 3 is 2.62 bits per heavy atom. The molecule has 1 fully saturated rings. The van der Waals surface area contributed by atoms with Gasteiger partial charge in [-0.05, 0) is 64.3 Å². The molecule has 0 saturated carbocycles. The second-order valence-electron chi connectivity index (χ2n) is 6.82. The van der Waals surface area contributed by atoms with Gasteiger partial charge in [0.25, 0.3) is 0 Å². The van der Waals surface area contributed by atoms with Gasteiger partial charge in [0.1, 0.15) is 11.6 Å². The van der Waals surface area contributed by atoms with Gasteiger partial charge in [-0.1, -0.05) is 11.2 Å². The Morgan fingerprint density at radius 1 is 1.23 bits per heavy atom. The molecule has 1 aromatic carbocycles. The number of hydrogen-bond acceptors (Lipinski definition) is 4. The molecule has 1 aliphatic heterocycles. The van der Waals surface area contributed by atoms with E-state index in [1.807, 2.05) is 19.1 Å². The summed E-state index contributed by atoms with van der Waals surface area (Å²) >= 11 is 0. The summed E-state index contributed by atoms with van der Waals surface area (Å²) in [7, 11) is 0. The molecule has 2 aromatic rings. The number of aromatic nitrogens is 1. The van der Waals surface area contributed by atoms with Gasteiger partial charge < -0.3 is 14.8 Å². The van der Waals surface area contributed by atoms with E-state index in [9.17, 15) is 9.60 Å². The standard InChI is InChI=1S/C20H24FN3O2/c1-13-10-11-18(19(23-25)24-14(2)6-4-7-15(24)3)20(22-13)26-17-9-5-8-16(21)12-17/h5,8-12,14-15,25H,4,6-7H2,1-3H3/b23-19-. The van der Waals surface area contributed by atoms with Gasteiger partial charge in [0, 0.05) is 23.8 Å². The van der Waals surface area contributed by atoms with E-state index in [0.29, 0.717) is 23.0 Å². The number of oxime groups is 1. The summed E-state index contributed by atoms with van der Waals surface area (Å²) in [6, 6.07) is 10.1. The molecule has 1 aromatic heterocycles. The third-order valence-electron chi connectivity index (χ3n) is 4.78. The normalized spacial score (nSPS) is 20.9. The Bertz CT molecular complexity index is 799. The summed E-state index contributed by atoms with van der Waals surface area (Å²) in [6.07, 6.45) is 3.21. The average molecular weight is 357 g/mol. The zero-order chi connectivity index (χ0) is 18.7. The molecule has 0 amide bonds. The van der Waals surface area contributed by atoms with Crippen LogP contribution in [0.2, 0.25) is 0 Å². The van der Waals surface area contributed by atoms with Crippen molar-refractivity contribution < 1.29 is 14.3 Å². The monoisotopic (exact) mass is 357 g/mol. The number of halogens is 1. The molecule has 2 atom stereocenters. The Hall–Kier alpha value is -2.63. The molecule has 0 bridgehead atoms. The number of aryl methyl sites for hydroxylation is 1. The summed E-state index contributed by atoms with van der Waals surface area (Å²) in [5, 5.41) is 13.4. The summed E-state index contributed by atoms with van der Waals surface area (Å²) in [4.78, 5) is 6.55. The maximum Gasteiger partial charge on any atom is 0.230 e. The first-order chi connectivity index (χ1) is 12.5. The number of benzene rings is 1. The predicted molar refractivity (Wildman–Crippen MR) is 98.4 cm³/mol. The third-order valence-corrected chi connectivity index (χ3v) is 4.78. The second kappa shape index (κ2) is 7.72. The van der Waals surface area contributed by atoms with Crippen LogP contribution < -0.4 is 4.74 Å². The number of piperidine rings is 1. The number of likely N-dealkylation sites (tertiary alicyclic amines) is 1. The van der Waals surface area contributed by atoms with Crippen molar-refractivity contribution in [2.75, 3.05) is 0 Å². The first-order valence-electron chi connectivity index (χ1n) is 8.91. The molecule has 2 heterocycles. The van der Waals surface area contributed by atoms with Gasteiger partial charge >= 0.3 is 0 Å². The van der Waals surface area contributed by atoms with Gasteiger partial charge in [0.15, 0.2) is 5.84 Å². The Kier molecular flexibility index (Phi) is 5.40. The molecule has 1 saturated heterocycles. The fraction of sp³-hybridized carbons (Fsp3) is 0.400. The highest BCUT2D eigenvalue weighted by molar-refractivity contribution is 6.00. The second-order valence-corrected chi connectivity index (χ2v) is 6.82. The highest BCUT2D eigenvalue weighted by atomic mass is 19.1. The highest BCUT2D eigenvalue weighted by Crippen LogP contribution is 2.30. The fourth-order valence-corrected chi connectivity index (χ4v) is 3.51. The van der Waals surface area contributed by atoms with Crippen LogP contribution in [0.25, 0.3) is 0 Å². The summed E-state index contributed by atoms with van der Waals surface area (Å²) in [6.45, 7) is 6.09. The van der Waals surface area contributed by atoms with E-state index in [-0.39, 0.29) is 17.9 Å². The molecule has 3 rings (SSSR count). The summed E-state index contributed by atoms with van der Waals surface area (Å²) in [5.41, 5.74) is 1.35. The van der Waals surface area contributed by atoms with E-state index in [1.165, 1.54) is 12.1 Å². The average Bonchev–Trinajstić information content (AvgIpc) is 2.59. The molecule has 26 heavy (non-hydrogen) atoms. The molecule has 0 aliphatic carbocycles. The molecule has 0 spiro atoms. The topological polar surface area (TPSA) is 58.0 Å². The van der Waals surface area contributed by atoms with Crippen LogP contribution in [0.4, 0.5) is 4.39 Å². The largest absolute Gasteiger partial charge is 0.438 e. The Labute approximate surface area is 153 Å². The molecule has 138 valence electrons. The molecule has 1 N–H and O–H groups in total. The van der Waals surface area contributed by atoms with E-state index in [0.717, 1.165) is 25.0 Å². The van der Waals surface area contributed by atoms with E-state index >= 15 is 0 Å². The molecule has 1 aliphatic rings. The van der Waals surface area contributed by atoms with E-state index in [2.05, 4.69) is 28.9 Å². The maximum atomic E-state index is 13.5. The molecule has 2 unspecified atom stereocenters. The molecular formula is C20H24FN3O2. The summed E-state index contributed by atoms with van der Waals surface area (Å²) < 4.78 is 19.3. The zero-order valence-corrected chi connectivity index (χ0v) is 15.3. The number of ether oxygens (including phenoxy) is 1. The van der Waals surface area contributed by atoms with E-state index < -0.39 is 0 Å². The van der Waals surface area contributed by atoms with Crippen molar-refractivity contribution in [3.63, 3.8) is 0 Å². The number of amidine groups is 1. The summed E-state index contributed by atoms with van der Waals surface area (Å²) in [5.74, 6) is 0.699. The van der Waals surface area contributed by atoms with Crippen molar-refractivity contribution in [2.45, 2.75) is 52.1 Å². The molecule has 5 nitrogen and oxygen atoms in total. The zero-order valence-electron chi connectivity index (χ0n) is 15.3. The van der Waals surface area contributed by atoms with Gasteiger partial charge in [-0.25, -0.2) is 9.37 Å². The van der Waals surface area contributed by atoms with Crippen molar-refractivity contribution in [1.82, 2.24) is 9.88 Å². The van der Waals surface area contributed by atoms with Crippen LogP contribution in [-0.2, 0) is 0 Å². The van der Waals surface area contributed by atoms with Crippen LogP contribution in [0, 0.1) is 12.7 Å². The van der Waals surface area contributed by atoms with Crippen LogP contribution in [0.3, 0.4) is 0 Å². The van der Waals surface area contributed by atoms with Crippen molar-refractivity contribution in [3.8, 4) is 11.6 Å². The Balaban J connectivity index is 2.00. The number of hydrogen-bond donors (Lipinski definition) is 1. The third kappa shape index (κ3) is 3.79. The van der Waals surface area contributed by atoms with E-state index in [1.54, 1.807) is 12.1 Å². The van der Waals surface area contributed by atoms with Gasteiger partial charge in [-0.3, -0.25) is 0 Å². The lowest BCUT2D eigenvalue weighted by Crippen LogP contribution is -2.48. The fourth-order valence-electron chi connectivity index (χ4n) is 3.51. The quantitative estimate of drug-likeness (QED) is 0.374. The Morgan fingerprint density at radius 2 is 1.96 bits per heavy atom. The van der Waals surface area contributed by atoms with Crippen molar-refractivity contribution in [1.29, 1.82) is 0 Å². The minimum atomic E-state index is -0.383. The van der Waals surface area contributed by atoms with Gasteiger partial charge in [0.2, 0.25) is 5.88 Å². The minimum absolute atomic E-state index is 0.243. The molecule has 6 heteroatoms. The lowest BCUT2D eigenvalue weighted by Gasteiger charge is -2.40. The lowest BCUT2D eigenvalue weighted by atomic mass is 9.96. The maximum absolute atomic E-state index is 13.5. The van der Waals surface area contributed by atoms with Crippen molar-refractivity contribution >= 4 is 5.84 Å². The number of nitrogens with zero attached hydrogens (tertiary/aromatic N) is 3. The van der Waals surface area contributed by atoms with Gasteiger partial charge in [0.05, 0.1) is 5.56 Å². The number of pyridine rings is 1. The first-order valence-corrected chi connectivity index (χ1v) is 8.91. The van der Waals surface area contributed by atoms with Crippen LogP contribution in [0.1, 0.15) is 44.4 Å². The van der Waals surface area contributed by atoms with Crippen LogP contribution in [0.15, 0.2) is 41.6 Å². The first kappa shape index (κ1) is 18.2. The van der Waals surface area contributed by atoms with Crippen LogP contribution >= 0.6 is 0 Å². The molecule has 0 radical (unpaired) electrons. The smallest absolute Gasteiger partial charge is 0.230 e. The SMILES string of the molecule is Cc1ccc(/C(=N/O)N2C(C)CCCC2C)c(Oc2cccc(F)c2)n1. The van der Waals surface area contributed by atoms with Crippen LogP contribution in [0.5, 0.6) is 11.6 Å². The lowest BCUT2D eigenvalue weighted by molar-refractivity contribution is 0.181. The number of rotatable bonds is 3. The minimum Gasteiger partial charge on any atom is -0.438 e. The predicted octanol–water partition coefficient (Wildman–Crippen LogP) is 4.72. The van der Waals surface area contributed by atoms with Crippen molar-refractivity contribution in [2.24, 2.45) is 5.16 Å². The highest BCUT2D eigenvalue weighted by Gasteiger charge is 2.30. The van der Waals surface area contributed by atoms with Gasteiger partial charge in [-0.2, -0.15) is 0 Å². The van der Waals surface area contributed by atoms with Crippen molar-refractivity contribution in [3.05, 3.63) is 53.5 Å². The van der Waals surface area contributed by atoms with Crippen LogP contribution in [-0.4, -0.2) is 33.0 Å². The van der Waals surface area contributed by atoms with Gasteiger partial charge in [-0.15, -0.1) is 0 Å². The molecular weight excluding hydrogens is 333 g/mol.